The van der Waals surface area contributed by atoms with Crippen molar-refractivity contribution in [1.29, 1.82) is 0 Å². The number of rotatable bonds is 12. The van der Waals surface area contributed by atoms with Crippen molar-refractivity contribution < 1.29 is 47.9 Å². The normalized spacial score (nSPS) is 20.2. The Morgan fingerprint density at radius 3 is 1.54 bits per heavy atom. The molecular formula is C45H44N6O10. The number of nitrogens with zero attached hydrogens (tertiary/aromatic N) is 6. The van der Waals surface area contributed by atoms with E-state index >= 15 is 0 Å². The lowest BCUT2D eigenvalue weighted by Crippen LogP contribution is -2.36. The molecule has 61 heavy (non-hydrogen) atoms. The molecule has 0 spiro atoms. The minimum atomic E-state index is -0.836. The topological polar surface area (TPSA) is 161 Å². The second-order valence-electron chi connectivity index (χ2n) is 15.0. The quantitative estimate of drug-likeness (QED) is 0.154. The molecule has 2 saturated heterocycles. The molecule has 4 aromatic carbocycles. The number of carbonyl (C=O) groups excluding carboxylic acids is 1. The number of hydrogen-bond acceptors (Lipinski definition) is 13. The largest absolute Gasteiger partial charge is 0.489 e. The van der Waals surface area contributed by atoms with Crippen molar-refractivity contribution in [3.05, 3.63) is 133 Å². The molecule has 1 N–H and O–H groups in total. The standard InChI is InChI=1S/C23H23N3O5.C22H21N3O5/c1-28-23(27)20-11-19(31-18-5-3-17(4-6-18)25-9-8-24-14-25)13-26(20)12-16-2-7-21-22(10-16)30-15-29-21;26-22(27)19-10-18(30-17-4-2-16(3-5-17)24-8-7-23-13-24)12-25(19)11-15-1-6-20-21(9-15)29-14-28-20/h2-10,14,19-20H,11-13,15H2,1H3;1-9,13,18-19H,10-12,14H2,(H,26,27). The van der Waals surface area contributed by atoms with Crippen LogP contribution in [0.2, 0.25) is 0 Å². The van der Waals surface area contributed by atoms with E-state index < -0.39 is 12.0 Å². The minimum Gasteiger partial charge on any atom is -0.489 e. The maximum atomic E-state index is 12.4. The van der Waals surface area contributed by atoms with Crippen LogP contribution in [-0.2, 0) is 27.4 Å². The number of esters is 1. The molecule has 16 nitrogen and oxygen atoms in total. The third-order valence-corrected chi connectivity index (χ3v) is 11.0. The van der Waals surface area contributed by atoms with E-state index in [4.69, 9.17) is 33.2 Å². The molecule has 0 aliphatic carbocycles. The zero-order valence-corrected chi connectivity index (χ0v) is 33.3. The zero-order valence-electron chi connectivity index (χ0n) is 33.3. The smallest absolute Gasteiger partial charge is 0.323 e. The summed E-state index contributed by atoms with van der Waals surface area (Å²) in [4.78, 5) is 36.4. The van der Waals surface area contributed by atoms with Gasteiger partial charge in [-0.25, -0.2) is 9.97 Å². The highest BCUT2D eigenvalue weighted by molar-refractivity contribution is 5.76. The Morgan fingerprint density at radius 1 is 0.639 bits per heavy atom. The van der Waals surface area contributed by atoms with Crippen LogP contribution in [0.3, 0.4) is 0 Å². The number of methoxy groups -OCH3 is 1. The molecule has 4 unspecified atom stereocenters. The molecule has 16 heteroatoms. The van der Waals surface area contributed by atoms with E-state index in [-0.39, 0.29) is 37.8 Å². The Kier molecular flexibility index (Phi) is 11.4. The summed E-state index contributed by atoms with van der Waals surface area (Å²) in [5, 5.41) is 9.69. The molecule has 314 valence electrons. The van der Waals surface area contributed by atoms with Crippen molar-refractivity contribution in [2.45, 2.75) is 50.2 Å². The summed E-state index contributed by atoms with van der Waals surface area (Å²) in [6.07, 6.45) is 11.4. The lowest BCUT2D eigenvalue weighted by atomic mass is 10.1. The average Bonchev–Trinajstić information content (AvgIpc) is 4.13. The first-order valence-corrected chi connectivity index (χ1v) is 19.9. The van der Waals surface area contributed by atoms with Crippen LogP contribution in [0.5, 0.6) is 34.5 Å². The van der Waals surface area contributed by atoms with Crippen molar-refractivity contribution in [3.8, 4) is 45.9 Å². The highest BCUT2D eigenvalue weighted by Gasteiger charge is 2.40. The summed E-state index contributed by atoms with van der Waals surface area (Å²) in [6.45, 7) is 2.72. The summed E-state index contributed by atoms with van der Waals surface area (Å²) in [7, 11) is 1.42. The first-order valence-electron chi connectivity index (χ1n) is 19.9. The van der Waals surface area contributed by atoms with Gasteiger partial charge in [0.15, 0.2) is 23.0 Å². The Balaban J connectivity index is 0.000000156. The van der Waals surface area contributed by atoms with Gasteiger partial charge in [0.25, 0.3) is 0 Å². The fraction of sp³-hybridized carbons (Fsp3) is 0.289. The number of ether oxygens (including phenoxy) is 7. The zero-order chi connectivity index (χ0) is 41.7. The number of aliphatic carboxylic acids is 1. The average molecular weight is 829 g/mol. The van der Waals surface area contributed by atoms with Gasteiger partial charge in [-0.05, 0) is 83.9 Å². The molecular weight excluding hydrogens is 785 g/mol. The van der Waals surface area contributed by atoms with Gasteiger partial charge in [-0.2, -0.15) is 0 Å². The number of carboxylic acid groups (broad SMARTS) is 1. The van der Waals surface area contributed by atoms with E-state index in [1.54, 1.807) is 25.0 Å². The van der Waals surface area contributed by atoms with Gasteiger partial charge in [-0.15, -0.1) is 0 Å². The molecule has 2 fully saturated rings. The van der Waals surface area contributed by atoms with Gasteiger partial charge in [0.1, 0.15) is 35.8 Å². The Hall–Kier alpha value is -7.04. The van der Waals surface area contributed by atoms with Crippen LogP contribution in [0.25, 0.3) is 11.4 Å². The molecule has 4 atom stereocenters. The van der Waals surface area contributed by atoms with Crippen LogP contribution >= 0.6 is 0 Å². The SMILES string of the molecule is COC(=O)C1CC(Oc2ccc(-n3ccnc3)cc2)CN1Cc1ccc2c(c1)OCO2.O=C(O)C1CC(Oc2ccc(-n3ccnc3)cc2)CN1Cc1ccc2c(c1)OCO2. The van der Waals surface area contributed by atoms with Gasteiger partial charge in [-0.3, -0.25) is 19.4 Å². The first kappa shape index (κ1) is 39.4. The summed E-state index contributed by atoms with van der Waals surface area (Å²) < 4.78 is 42.8. The molecule has 4 aliphatic rings. The van der Waals surface area contributed by atoms with E-state index in [0.29, 0.717) is 44.8 Å². The van der Waals surface area contributed by atoms with Crippen LogP contribution < -0.4 is 28.4 Å². The number of carbonyl (C=O) groups is 2. The molecule has 0 bridgehead atoms. The van der Waals surface area contributed by atoms with E-state index in [9.17, 15) is 14.7 Å². The lowest BCUT2D eigenvalue weighted by molar-refractivity contribution is -0.146. The van der Waals surface area contributed by atoms with Crippen LogP contribution in [0.15, 0.2) is 122 Å². The molecule has 10 rings (SSSR count). The third kappa shape index (κ3) is 9.10. The Bertz CT molecular complexity index is 2430. The van der Waals surface area contributed by atoms with Gasteiger partial charge in [0, 0.05) is 75.2 Å². The van der Waals surface area contributed by atoms with Crippen molar-refractivity contribution in [3.63, 3.8) is 0 Å². The number of imidazole rings is 2. The fourth-order valence-electron chi connectivity index (χ4n) is 8.03. The Morgan fingerprint density at radius 2 is 1.10 bits per heavy atom. The van der Waals surface area contributed by atoms with E-state index in [1.807, 2.05) is 111 Å². The van der Waals surface area contributed by atoms with E-state index in [1.165, 1.54) is 7.11 Å². The van der Waals surface area contributed by atoms with Gasteiger partial charge < -0.3 is 47.4 Å². The summed E-state index contributed by atoms with van der Waals surface area (Å²) in [5.74, 6) is 3.30. The number of benzene rings is 4. The van der Waals surface area contributed by atoms with Crippen LogP contribution in [0, 0.1) is 0 Å². The number of likely N-dealkylation sites (tertiary alicyclic amines) is 2. The lowest BCUT2D eigenvalue weighted by Gasteiger charge is -2.22. The minimum absolute atomic E-state index is 0.114. The van der Waals surface area contributed by atoms with Gasteiger partial charge in [0.05, 0.1) is 19.8 Å². The summed E-state index contributed by atoms with van der Waals surface area (Å²) in [5.41, 5.74) is 4.02. The molecule has 0 amide bonds. The van der Waals surface area contributed by atoms with Gasteiger partial charge >= 0.3 is 11.9 Å². The summed E-state index contributed by atoms with van der Waals surface area (Å²) in [6, 6.07) is 26.1. The monoisotopic (exact) mass is 828 g/mol. The second-order valence-corrected chi connectivity index (χ2v) is 15.0. The first-order chi connectivity index (χ1) is 29.8. The summed E-state index contributed by atoms with van der Waals surface area (Å²) >= 11 is 0. The third-order valence-electron chi connectivity index (χ3n) is 11.0. The predicted octanol–water partition coefficient (Wildman–Crippen LogP) is 5.50. The van der Waals surface area contributed by atoms with Crippen molar-refractivity contribution in [1.82, 2.24) is 28.9 Å². The number of hydrogen-bond donors (Lipinski definition) is 1. The Labute approximate surface area is 351 Å². The number of aromatic nitrogens is 4. The molecule has 6 heterocycles. The van der Waals surface area contributed by atoms with Gasteiger partial charge in [-0.1, -0.05) is 12.1 Å². The molecule has 0 saturated carbocycles. The van der Waals surface area contributed by atoms with Crippen LogP contribution in [0.4, 0.5) is 0 Å². The second kappa shape index (κ2) is 17.7. The number of carboxylic acids is 1. The van der Waals surface area contributed by atoms with Gasteiger partial charge in [0.2, 0.25) is 13.6 Å². The fourth-order valence-corrected chi connectivity index (χ4v) is 8.03. The molecule has 0 radical (unpaired) electrons. The molecule has 2 aromatic heterocycles. The predicted molar refractivity (Wildman–Crippen MR) is 218 cm³/mol. The maximum absolute atomic E-state index is 12.4. The molecule has 4 aliphatic heterocycles. The van der Waals surface area contributed by atoms with Crippen molar-refractivity contribution >= 4 is 11.9 Å². The highest BCUT2D eigenvalue weighted by atomic mass is 16.7. The highest BCUT2D eigenvalue weighted by Crippen LogP contribution is 2.35. The maximum Gasteiger partial charge on any atom is 0.323 e. The van der Waals surface area contributed by atoms with E-state index in [2.05, 4.69) is 14.9 Å². The van der Waals surface area contributed by atoms with E-state index in [0.717, 1.165) is 51.2 Å². The molecule has 6 aromatic rings. The van der Waals surface area contributed by atoms with Crippen LogP contribution in [-0.4, -0.2) is 104 Å². The number of fused-ring (bicyclic) bond motifs is 2. The van der Waals surface area contributed by atoms with Crippen LogP contribution in [0.1, 0.15) is 24.0 Å². The van der Waals surface area contributed by atoms with Crippen molar-refractivity contribution in [2.75, 3.05) is 33.8 Å². The van der Waals surface area contributed by atoms with Crippen molar-refractivity contribution in [2.24, 2.45) is 0 Å².